The third-order valence-corrected chi connectivity index (χ3v) is 8.89. The minimum Gasteiger partial charge on any atom is -0.415 e. The third kappa shape index (κ3) is 3.19. The van der Waals surface area contributed by atoms with Crippen LogP contribution in [0.1, 0.15) is 62.5 Å². The Labute approximate surface area is 182 Å². The van der Waals surface area contributed by atoms with Crippen molar-refractivity contribution in [1.29, 1.82) is 0 Å². The molecule has 30 heavy (non-hydrogen) atoms. The summed E-state index contributed by atoms with van der Waals surface area (Å²) in [6.07, 6.45) is 8.78. The molecule has 1 atom stereocenters. The Kier molecular flexibility index (Phi) is 4.48. The lowest BCUT2D eigenvalue weighted by Gasteiger charge is -2.55. The van der Waals surface area contributed by atoms with Crippen LogP contribution >= 0.6 is 11.8 Å². The highest BCUT2D eigenvalue weighted by Gasteiger charge is 2.54. The van der Waals surface area contributed by atoms with E-state index in [0.717, 1.165) is 36.6 Å². The molecule has 4 bridgehead atoms. The average molecular weight is 424 g/mol. The normalized spacial score (nSPS) is 32.8. The van der Waals surface area contributed by atoms with E-state index < -0.39 is 0 Å². The third-order valence-electron chi connectivity index (χ3n) is 7.97. The predicted molar refractivity (Wildman–Crippen MR) is 115 cm³/mol. The molecule has 0 unspecified atom stereocenters. The molecular formula is C24H29N3O2S. The Balaban J connectivity index is 1.14. The van der Waals surface area contributed by atoms with Crippen LogP contribution < -0.4 is 0 Å². The summed E-state index contributed by atoms with van der Waals surface area (Å²) in [6.45, 7) is 3.44. The standard InChI is InChI=1S/C24H29N3O2S/c1-15(21(28)27-7-6-19-4-2-3-5-20(19)14-27)30-23-26-25-22(29-23)24-11-16-8-17(12-24)10-18(9-16)13-24/h2-5,15-18H,6-14H2,1H3/t15-,16?,17?,18?,24?/m0/s1. The second-order valence-electron chi connectivity index (χ2n) is 10.1. The molecule has 1 aromatic heterocycles. The number of hydrogen-bond donors (Lipinski definition) is 0. The quantitative estimate of drug-likeness (QED) is 0.673. The van der Waals surface area contributed by atoms with Gasteiger partial charge in [-0.25, -0.2) is 0 Å². The highest BCUT2D eigenvalue weighted by molar-refractivity contribution is 8.00. The molecule has 1 aliphatic heterocycles. The topological polar surface area (TPSA) is 59.2 Å². The zero-order valence-electron chi connectivity index (χ0n) is 17.5. The Morgan fingerprint density at radius 1 is 1.10 bits per heavy atom. The van der Waals surface area contributed by atoms with Gasteiger partial charge >= 0.3 is 0 Å². The van der Waals surface area contributed by atoms with Crippen molar-refractivity contribution in [3.05, 3.63) is 41.3 Å². The molecule has 5 aliphatic rings. The maximum absolute atomic E-state index is 13.1. The second-order valence-corrected chi connectivity index (χ2v) is 11.4. The molecular weight excluding hydrogens is 394 g/mol. The number of amides is 1. The molecule has 7 rings (SSSR count). The smallest absolute Gasteiger partial charge is 0.277 e. The zero-order valence-corrected chi connectivity index (χ0v) is 18.4. The summed E-state index contributed by atoms with van der Waals surface area (Å²) in [4.78, 5) is 15.0. The van der Waals surface area contributed by atoms with E-state index in [-0.39, 0.29) is 16.6 Å². The van der Waals surface area contributed by atoms with Crippen LogP contribution in [0, 0.1) is 17.8 Å². The van der Waals surface area contributed by atoms with Gasteiger partial charge in [-0.1, -0.05) is 36.0 Å². The number of hydrogen-bond acceptors (Lipinski definition) is 5. The highest BCUT2D eigenvalue weighted by atomic mass is 32.2. The molecule has 0 radical (unpaired) electrons. The van der Waals surface area contributed by atoms with Crippen molar-refractivity contribution in [3.63, 3.8) is 0 Å². The monoisotopic (exact) mass is 423 g/mol. The number of rotatable bonds is 4. The van der Waals surface area contributed by atoms with Crippen LogP contribution in [-0.2, 0) is 23.2 Å². The van der Waals surface area contributed by atoms with Gasteiger partial charge in [-0.3, -0.25) is 4.79 Å². The number of carbonyl (C=O) groups is 1. The zero-order chi connectivity index (χ0) is 20.3. The van der Waals surface area contributed by atoms with Gasteiger partial charge in [-0.05, 0) is 80.8 Å². The molecule has 4 aliphatic carbocycles. The number of aromatic nitrogens is 2. The molecule has 4 fully saturated rings. The van der Waals surface area contributed by atoms with Crippen LogP contribution in [0.25, 0.3) is 0 Å². The van der Waals surface area contributed by atoms with Crippen molar-refractivity contribution in [3.8, 4) is 0 Å². The van der Waals surface area contributed by atoms with E-state index >= 15 is 0 Å². The molecule has 5 nitrogen and oxygen atoms in total. The highest BCUT2D eigenvalue weighted by Crippen LogP contribution is 2.60. The number of benzene rings is 1. The van der Waals surface area contributed by atoms with Crippen LogP contribution in [0.3, 0.4) is 0 Å². The summed E-state index contributed by atoms with van der Waals surface area (Å²) in [6, 6.07) is 8.42. The first-order valence-corrected chi connectivity index (χ1v) is 12.3. The van der Waals surface area contributed by atoms with E-state index in [2.05, 4.69) is 34.5 Å². The molecule has 2 aromatic rings. The molecule has 0 spiro atoms. The van der Waals surface area contributed by atoms with Gasteiger partial charge in [0.1, 0.15) is 0 Å². The first-order valence-electron chi connectivity index (χ1n) is 11.4. The minimum atomic E-state index is -0.222. The number of carbonyl (C=O) groups excluding carboxylic acids is 1. The summed E-state index contributed by atoms with van der Waals surface area (Å²) in [5.74, 6) is 3.55. The Morgan fingerprint density at radius 2 is 1.77 bits per heavy atom. The molecule has 4 saturated carbocycles. The van der Waals surface area contributed by atoms with Crippen molar-refractivity contribution in [1.82, 2.24) is 15.1 Å². The fourth-order valence-electron chi connectivity index (χ4n) is 6.99. The summed E-state index contributed by atoms with van der Waals surface area (Å²) >= 11 is 1.42. The number of nitrogens with zero attached hydrogens (tertiary/aromatic N) is 3. The second kappa shape index (κ2) is 7.11. The van der Waals surface area contributed by atoms with Gasteiger partial charge in [0.2, 0.25) is 11.8 Å². The molecule has 0 N–H and O–H groups in total. The average Bonchev–Trinajstić information content (AvgIpc) is 3.21. The maximum Gasteiger partial charge on any atom is 0.277 e. The van der Waals surface area contributed by atoms with Gasteiger partial charge in [0.05, 0.1) is 5.25 Å². The van der Waals surface area contributed by atoms with E-state index in [1.54, 1.807) is 0 Å². The molecule has 1 amide bonds. The lowest BCUT2D eigenvalue weighted by atomic mass is 9.49. The van der Waals surface area contributed by atoms with Crippen LogP contribution in [0.15, 0.2) is 33.9 Å². The fourth-order valence-corrected chi connectivity index (χ4v) is 7.75. The lowest BCUT2D eigenvalue weighted by Crippen LogP contribution is -2.48. The van der Waals surface area contributed by atoms with Gasteiger partial charge in [0, 0.05) is 18.5 Å². The van der Waals surface area contributed by atoms with E-state index in [9.17, 15) is 4.79 Å². The van der Waals surface area contributed by atoms with Gasteiger partial charge in [0.15, 0.2) is 0 Å². The van der Waals surface area contributed by atoms with Crippen molar-refractivity contribution in [2.45, 2.75) is 74.3 Å². The van der Waals surface area contributed by atoms with Crippen LogP contribution in [0.2, 0.25) is 0 Å². The van der Waals surface area contributed by atoms with E-state index in [4.69, 9.17) is 4.42 Å². The lowest BCUT2D eigenvalue weighted by molar-refractivity contribution is -0.131. The summed E-state index contributed by atoms with van der Waals surface area (Å²) in [7, 11) is 0. The van der Waals surface area contributed by atoms with Crippen molar-refractivity contribution < 1.29 is 9.21 Å². The summed E-state index contributed by atoms with van der Waals surface area (Å²) < 4.78 is 6.20. The van der Waals surface area contributed by atoms with Crippen molar-refractivity contribution in [2.75, 3.05) is 6.54 Å². The maximum atomic E-state index is 13.1. The summed E-state index contributed by atoms with van der Waals surface area (Å²) in [5.41, 5.74) is 2.74. The Morgan fingerprint density at radius 3 is 2.47 bits per heavy atom. The van der Waals surface area contributed by atoms with Crippen molar-refractivity contribution in [2.24, 2.45) is 17.8 Å². The Hall–Kier alpha value is -1.82. The summed E-state index contributed by atoms with van der Waals surface area (Å²) in [5, 5.41) is 9.18. The predicted octanol–water partition coefficient (Wildman–Crippen LogP) is 4.60. The fraction of sp³-hybridized carbons (Fsp3) is 0.625. The van der Waals surface area contributed by atoms with Crippen molar-refractivity contribution >= 4 is 17.7 Å². The molecule has 6 heteroatoms. The van der Waals surface area contributed by atoms with E-state index in [1.165, 1.54) is 61.4 Å². The van der Waals surface area contributed by atoms with Gasteiger partial charge in [0.25, 0.3) is 5.22 Å². The molecule has 1 aromatic carbocycles. The van der Waals surface area contributed by atoms with Gasteiger partial charge < -0.3 is 9.32 Å². The van der Waals surface area contributed by atoms with Gasteiger partial charge in [-0.2, -0.15) is 0 Å². The molecule has 2 heterocycles. The van der Waals surface area contributed by atoms with Crippen LogP contribution in [0.4, 0.5) is 0 Å². The minimum absolute atomic E-state index is 0.115. The Bertz CT molecular complexity index is 936. The molecule has 0 saturated heterocycles. The van der Waals surface area contributed by atoms with E-state index in [1.807, 2.05) is 11.8 Å². The number of fused-ring (bicyclic) bond motifs is 1. The largest absolute Gasteiger partial charge is 0.415 e. The number of thioether (sulfide) groups is 1. The van der Waals surface area contributed by atoms with Crippen LogP contribution in [-0.4, -0.2) is 32.8 Å². The van der Waals surface area contributed by atoms with E-state index in [0.29, 0.717) is 11.8 Å². The first-order chi connectivity index (χ1) is 14.6. The molecule has 158 valence electrons. The first kappa shape index (κ1) is 18.9. The van der Waals surface area contributed by atoms with Crippen LogP contribution in [0.5, 0.6) is 0 Å². The SMILES string of the molecule is C[C@H](Sc1nnc(C23CC4CC(CC(C4)C2)C3)o1)C(=O)N1CCc2ccccc2C1. The van der Waals surface area contributed by atoms with Gasteiger partial charge in [-0.15, -0.1) is 10.2 Å².